The second-order valence-corrected chi connectivity index (χ2v) is 6.50. The van der Waals surface area contributed by atoms with Crippen molar-refractivity contribution < 1.29 is 9.59 Å². The third-order valence-corrected chi connectivity index (χ3v) is 4.19. The molecular formula is C18H18ClN7O3. The Balaban J connectivity index is 1.44. The van der Waals surface area contributed by atoms with E-state index in [1.165, 1.54) is 23.2 Å². The Morgan fingerprint density at radius 3 is 2.59 bits per heavy atom. The predicted octanol–water partition coefficient (Wildman–Crippen LogP) is 0.618. The molecule has 3 N–H and O–H groups in total. The third kappa shape index (κ3) is 5.72. The lowest BCUT2D eigenvalue weighted by Crippen LogP contribution is -2.34. The summed E-state index contributed by atoms with van der Waals surface area (Å²) in [5.74, 6) is -0.667. The second-order valence-electron chi connectivity index (χ2n) is 6.06. The van der Waals surface area contributed by atoms with Crippen LogP contribution in [0.15, 0.2) is 47.7 Å². The molecule has 1 aromatic carbocycles. The van der Waals surface area contributed by atoms with E-state index in [-0.39, 0.29) is 29.6 Å². The van der Waals surface area contributed by atoms with Crippen molar-refractivity contribution in [2.24, 2.45) is 0 Å². The Labute approximate surface area is 170 Å². The average Bonchev–Trinajstić information content (AvgIpc) is 3.25. The summed E-state index contributed by atoms with van der Waals surface area (Å²) in [6, 6.07) is 8.33. The van der Waals surface area contributed by atoms with Crippen LogP contribution in [0, 0.1) is 0 Å². The van der Waals surface area contributed by atoms with Gasteiger partial charge >= 0.3 is 0 Å². The fourth-order valence-corrected chi connectivity index (χ4v) is 2.58. The Morgan fingerprint density at radius 2 is 1.90 bits per heavy atom. The minimum Gasteiger partial charge on any atom is -0.354 e. The molecule has 0 atom stereocenters. The molecular weight excluding hydrogens is 398 g/mol. The zero-order valence-electron chi connectivity index (χ0n) is 15.3. The number of aromatic amines is 1. The molecule has 0 saturated carbocycles. The van der Waals surface area contributed by atoms with Crippen molar-refractivity contribution in [1.29, 1.82) is 0 Å². The molecule has 10 nitrogen and oxygen atoms in total. The van der Waals surface area contributed by atoms with Crippen molar-refractivity contribution in [1.82, 2.24) is 35.6 Å². The lowest BCUT2D eigenvalue weighted by Gasteiger charge is -2.08. The molecule has 29 heavy (non-hydrogen) atoms. The van der Waals surface area contributed by atoms with E-state index >= 15 is 0 Å². The molecule has 2 heterocycles. The summed E-state index contributed by atoms with van der Waals surface area (Å²) in [6.07, 6.45) is 3.18. The van der Waals surface area contributed by atoms with Gasteiger partial charge in [0.1, 0.15) is 6.54 Å². The summed E-state index contributed by atoms with van der Waals surface area (Å²) in [4.78, 5) is 40.1. The first kappa shape index (κ1) is 20.2. The van der Waals surface area contributed by atoms with Crippen LogP contribution in [-0.4, -0.2) is 49.9 Å². The summed E-state index contributed by atoms with van der Waals surface area (Å²) in [6.45, 7) is 0.574. The largest absolute Gasteiger partial charge is 0.354 e. The van der Waals surface area contributed by atoms with Crippen LogP contribution in [0.1, 0.15) is 16.9 Å². The van der Waals surface area contributed by atoms with Gasteiger partial charge in [0, 0.05) is 29.7 Å². The fourth-order valence-electron chi connectivity index (χ4n) is 2.45. The van der Waals surface area contributed by atoms with Gasteiger partial charge in [-0.15, -0.1) is 0 Å². The highest BCUT2D eigenvalue weighted by Gasteiger charge is 2.09. The van der Waals surface area contributed by atoms with Crippen LogP contribution >= 0.6 is 11.6 Å². The lowest BCUT2D eigenvalue weighted by atomic mass is 10.1. The number of benzene rings is 1. The number of H-pyrrole nitrogens is 1. The molecule has 0 saturated heterocycles. The zero-order valence-corrected chi connectivity index (χ0v) is 16.0. The Kier molecular flexibility index (Phi) is 6.69. The molecule has 0 bridgehead atoms. The van der Waals surface area contributed by atoms with Crippen LogP contribution in [-0.2, 0) is 11.3 Å². The molecule has 2 amide bonds. The van der Waals surface area contributed by atoms with Crippen molar-refractivity contribution in [2.75, 3.05) is 13.1 Å². The van der Waals surface area contributed by atoms with Crippen LogP contribution in [0.3, 0.4) is 0 Å². The third-order valence-electron chi connectivity index (χ3n) is 3.94. The van der Waals surface area contributed by atoms with E-state index in [1.807, 2.05) is 0 Å². The normalized spacial score (nSPS) is 10.5. The van der Waals surface area contributed by atoms with Crippen molar-refractivity contribution in [2.45, 2.75) is 13.0 Å². The number of amides is 2. The van der Waals surface area contributed by atoms with E-state index in [1.54, 1.807) is 24.3 Å². The number of aromatic nitrogens is 5. The first-order chi connectivity index (χ1) is 14.0. The van der Waals surface area contributed by atoms with Crippen LogP contribution in [0.4, 0.5) is 0 Å². The van der Waals surface area contributed by atoms with E-state index in [0.29, 0.717) is 30.2 Å². The van der Waals surface area contributed by atoms with Gasteiger partial charge in [-0.3, -0.25) is 19.0 Å². The number of carbonyl (C=O) groups is 2. The fraction of sp³-hybridized carbons (Fsp3) is 0.222. The van der Waals surface area contributed by atoms with Crippen molar-refractivity contribution in [3.05, 3.63) is 63.9 Å². The molecule has 0 aliphatic rings. The summed E-state index contributed by atoms with van der Waals surface area (Å²) in [5, 5.41) is 15.5. The minimum atomic E-state index is -0.344. The summed E-state index contributed by atoms with van der Waals surface area (Å²) in [5.41, 5.74) is 1.13. The summed E-state index contributed by atoms with van der Waals surface area (Å²) < 4.78 is 1.22. The molecule has 0 unspecified atom stereocenters. The van der Waals surface area contributed by atoms with Crippen LogP contribution < -0.4 is 16.2 Å². The number of hydrogen-bond donors (Lipinski definition) is 3. The molecule has 0 aliphatic heterocycles. The first-order valence-electron chi connectivity index (χ1n) is 8.76. The van der Waals surface area contributed by atoms with Gasteiger partial charge in [-0.05, 0) is 18.6 Å². The SMILES string of the molecule is O=C(Cn1cnc(-c2ccc(Cl)cc2)cc1=O)NCCCNC(=O)c1cn[nH]n1. The number of hydrogen-bond acceptors (Lipinski definition) is 6. The first-order valence-corrected chi connectivity index (χ1v) is 9.14. The smallest absolute Gasteiger partial charge is 0.273 e. The van der Waals surface area contributed by atoms with Gasteiger partial charge in [0.25, 0.3) is 11.5 Å². The van der Waals surface area contributed by atoms with Gasteiger partial charge in [-0.2, -0.15) is 15.4 Å². The molecule has 3 aromatic rings. The molecule has 150 valence electrons. The molecule has 0 spiro atoms. The Bertz CT molecular complexity index is 1030. The highest BCUT2D eigenvalue weighted by atomic mass is 35.5. The van der Waals surface area contributed by atoms with E-state index in [4.69, 9.17) is 11.6 Å². The van der Waals surface area contributed by atoms with Gasteiger partial charge in [0.05, 0.1) is 18.2 Å². The average molecular weight is 416 g/mol. The molecule has 0 fully saturated rings. The maximum Gasteiger partial charge on any atom is 0.273 e. The number of halogens is 1. The highest BCUT2D eigenvalue weighted by Crippen LogP contribution is 2.17. The Morgan fingerprint density at radius 1 is 1.14 bits per heavy atom. The minimum absolute atomic E-state index is 0.141. The quantitative estimate of drug-likeness (QED) is 0.461. The van der Waals surface area contributed by atoms with E-state index in [9.17, 15) is 14.4 Å². The number of rotatable bonds is 8. The number of nitrogens with one attached hydrogen (secondary N) is 3. The van der Waals surface area contributed by atoms with E-state index in [2.05, 4.69) is 31.0 Å². The van der Waals surface area contributed by atoms with Crippen LogP contribution in [0.25, 0.3) is 11.3 Å². The topological polar surface area (TPSA) is 135 Å². The summed E-state index contributed by atoms with van der Waals surface area (Å²) >= 11 is 5.86. The van der Waals surface area contributed by atoms with Crippen molar-refractivity contribution >= 4 is 23.4 Å². The maximum atomic E-state index is 12.2. The van der Waals surface area contributed by atoms with Gasteiger partial charge in [-0.25, -0.2) is 4.98 Å². The maximum absolute atomic E-state index is 12.2. The van der Waals surface area contributed by atoms with Crippen molar-refractivity contribution in [3.8, 4) is 11.3 Å². The number of nitrogens with zero attached hydrogens (tertiary/aromatic N) is 4. The molecule has 0 radical (unpaired) electrons. The Hall–Kier alpha value is -3.53. The standard InChI is InChI=1S/C18H18ClN7O3/c19-13-4-2-12(3-5-13)14-8-17(28)26(11-22-14)10-16(27)20-6-1-7-21-18(29)15-9-23-25-24-15/h2-5,8-9,11H,1,6-7,10H2,(H,20,27)(H,21,29)(H,23,24,25). The molecule has 2 aromatic heterocycles. The summed E-state index contributed by atoms with van der Waals surface area (Å²) in [7, 11) is 0. The van der Waals surface area contributed by atoms with Gasteiger partial charge in [0.2, 0.25) is 5.91 Å². The second kappa shape index (κ2) is 9.60. The molecule has 0 aliphatic carbocycles. The molecule has 11 heteroatoms. The number of carbonyl (C=O) groups excluding carboxylic acids is 2. The predicted molar refractivity (Wildman–Crippen MR) is 105 cm³/mol. The van der Waals surface area contributed by atoms with Crippen molar-refractivity contribution in [3.63, 3.8) is 0 Å². The monoisotopic (exact) mass is 415 g/mol. The van der Waals surface area contributed by atoms with Gasteiger partial charge < -0.3 is 10.6 Å². The van der Waals surface area contributed by atoms with Gasteiger partial charge in [-0.1, -0.05) is 23.7 Å². The van der Waals surface area contributed by atoms with Gasteiger partial charge in [0.15, 0.2) is 5.69 Å². The molecule has 3 rings (SSSR count). The highest BCUT2D eigenvalue weighted by molar-refractivity contribution is 6.30. The van der Waals surface area contributed by atoms with Crippen LogP contribution in [0.5, 0.6) is 0 Å². The van der Waals surface area contributed by atoms with Crippen LogP contribution in [0.2, 0.25) is 5.02 Å². The zero-order chi connectivity index (χ0) is 20.6. The lowest BCUT2D eigenvalue weighted by molar-refractivity contribution is -0.121. The van der Waals surface area contributed by atoms with E-state index in [0.717, 1.165) is 5.56 Å². The van der Waals surface area contributed by atoms with E-state index < -0.39 is 0 Å².